The summed E-state index contributed by atoms with van der Waals surface area (Å²) in [5.74, 6) is 0.459. The first-order valence-electron chi connectivity index (χ1n) is 9.50. The van der Waals surface area contributed by atoms with Gasteiger partial charge >= 0.3 is 12.3 Å². The Bertz CT molecular complexity index is 956. The quantitative estimate of drug-likeness (QED) is 0.557. The maximum absolute atomic E-state index is 12.7. The summed E-state index contributed by atoms with van der Waals surface area (Å²) < 4.78 is 43.9. The summed E-state index contributed by atoms with van der Waals surface area (Å²) in [7, 11) is 0. The van der Waals surface area contributed by atoms with Crippen LogP contribution in [-0.4, -0.2) is 51.0 Å². The highest BCUT2D eigenvalue weighted by molar-refractivity contribution is 5.98. The van der Waals surface area contributed by atoms with Gasteiger partial charge in [-0.15, -0.1) is 0 Å². The van der Waals surface area contributed by atoms with Crippen LogP contribution in [-0.2, 0) is 6.18 Å². The molecule has 1 aromatic heterocycles. The third kappa shape index (κ3) is 5.62. The van der Waals surface area contributed by atoms with Crippen molar-refractivity contribution < 1.29 is 32.6 Å². The van der Waals surface area contributed by atoms with E-state index < -0.39 is 17.8 Å². The number of hydrogen-bond donors (Lipinski definition) is 1. The van der Waals surface area contributed by atoms with Crippen molar-refractivity contribution in [2.24, 2.45) is 5.16 Å². The second kappa shape index (κ2) is 9.19. The van der Waals surface area contributed by atoms with Gasteiger partial charge in [0.1, 0.15) is 12.4 Å². The van der Waals surface area contributed by atoms with E-state index in [1.807, 2.05) is 0 Å². The molecule has 0 spiro atoms. The summed E-state index contributed by atoms with van der Waals surface area (Å²) in [5, 5.41) is 13.0. The number of likely N-dealkylation sites (tertiary alicyclic amines) is 1. The van der Waals surface area contributed by atoms with Gasteiger partial charge in [-0.3, -0.25) is 0 Å². The fourth-order valence-electron chi connectivity index (χ4n) is 3.02. The number of benzene rings is 1. The van der Waals surface area contributed by atoms with E-state index in [0.717, 1.165) is 12.1 Å². The van der Waals surface area contributed by atoms with Crippen LogP contribution in [0.4, 0.5) is 18.0 Å². The fraction of sp³-hybridized carbons (Fsp3) is 0.400. The molecule has 3 rings (SSSR count). The minimum absolute atomic E-state index is 0.152. The minimum atomic E-state index is -4.40. The van der Waals surface area contributed by atoms with Gasteiger partial charge in [-0.25, -0.2) is 9.78 Å². The Hall–Kier alpha value is -3.37. The molecular formula is C20H21F3N4O4. The van der Waals surface area contributed by atoms with E-state index in [1.165, 1.54) is 23.4 Å². The summed E-state index contributed by atoms with van der Waals surface area (Å²) in [6.07, 6.45) is -3.21. The van der Waals surface area contributed by atoms with Crippen molar-refractivity contribution in [1.29, 1.82) is 0 Å². The van der Waals surface area contributed by atoms with Crippen LogP contribution in [0.2, 0.25) is 0 Å². The van der Waals surface area contributed by atoms with Crippen LogP contribution in [0.15, 0.2) is 35.7 Å². The van der Waals surface area contributed by atoms with Crippen molar-refractivity contribution in [3.63, 3.8) is 0 Å². The summed E-state index contributed by atoms with van der Waals surface area (Å²) in [6.45, 7) is 4.06. The second-order valence-corrected chi connectivity index (χ2v) is 7.04. The standard InChI is InChI=1S/C20H21F3N4O4/c1-12-17(30-16-7-9-27(10-8-16)19(28)29)24-11-25-18(12)31-26-13(2)14-3-5-15(6-4-14)20(21,22)23/h3-6,11,16H,7-10H2,1-2H3,(H,28,29). The van der Waals surface area contributed by atoms with Crippen LogP contribution in [0.25, 0.3) is 0 Å². The molecule has 0 aliphatic carbocycles. The van der Waals surface area contributed by atoms with Crippen molar-refractivity contribution in [2.45, 2.75) is 39.0 Å². The summed E-state index contributed by atoms with van der Waals surface area (Å²) in [4.78, 5) is 25.8. The van der Waals surface area contributed by atoms with Crippen LogP contribution in [0.1, 0.15) is 36.5 Å². The van der Waals surface area contributed by atoms with Crippen LogP contribution in [0, 0.1) is 6.92 Å². The number of aromatic nitrogens is 2. The molecule has 8 nitrogen and oxygen atoms in total. The zero-order valence-electron chi connectivity index (χ0n) is 16.9. The maximum Gasteiger partial charge on any atom is 0.416 e. The Labute approximate surface area is 176 Å². The van der Waals surface area contributed by atoms with Gasteiger partial charge in [0.25, 0.3) is 5.88 Å². The van der Waals surface area contributed by atoms with E-state index in [4.69, 9.17) is 14.7 Å². The molecule has 0 unspecified atom stereocenters. The zero-order valence-corrected chi connectivity index (χ0v) is 16.9. The zero-order chi connectivity index (χ0) is 22.6. The number of hydrogen-bond acceptors (Lipinski definition) is 6. The van der Waals surface area contributed by atoms with Gasteiger partial charge in [0.2, 0.25) is 5.88 Å². The molecule has 1 N–H and O–H groups in total. The smallest absolute Gasteiger partial charge is 0.416 e. The number of halogens is 3. The molecule has 31 heavy (non-hydrogen) atoms. The molecular weight excluding hydrogens is 417 g/mol. The Kier molecular flexibility index (Phi) is 6.62. The molecule has 0 saturated carbocycles. The van der Waals surface area contributed by atoms with Gasteiger partial charge in [-0.1, -0.05) is 17.3 Å². The number of carboxylic acid groups (broad SMARTS) is 1. The molecule has 1 aliphatic rings. The highest BCUT2D eigenvalue weighted by Crippen LogP contribution is 2.29. The first-order chi connectivity index (χ1) is 14.6. The van der Waals surface area contributed by atoms with Gasteiger partial charge in [-0.2, -0.15) is 18.2 Å². The van der Waals surface area contributed by atoms with E-state index in [1.54, 1.807) is 13.8 Å². The average Bonchev–Trinajstić information content (AvgIpc) is 2.74. The fourth-order valence-corrected chi connectivity index (χ4v) is 3.02. The number of oxime groups is 1. The largest absolute Gasteiger partial charge is 0.474 e. The van der Waals surface area contributed by atoms with E-state index >= 15 is 0 Å². The number of alkyl halides is 3. The first-order valence-corrected chi connectivity index (χ1v) is 9.50. The van der Waals surface area contributed by atoms with Crippen molar-refractivity contribution in [1.82, 2.24) is 14.9 Å². The lowest BCUT2D eigenvalue weighted by atomic mass is 10.1. The number of carbonyl (C=O) groups is 1. The van der Waals surface area contributed by atoms with Gasteiger partial charge in [-0.05, 0) is 31.5 Å². The molecule has 166 valence electrons. The van der Waals surface area contributed by atoms with Crippen LogP contribution in [0.3, 0.4) is 0 Å². The Balaban J connectivity index is 1.65. The molecule has 1 aromatic carbocycles. The van der Waals surface area contributed by atoms with Gasteiger partial charge in [0.05, 0.1) is 16.8 Å². The Morgan fingerprint density at radius 2 is 1.77 bits per heavy atom. The Morgan fingerprint density at radius 3 is 2.35 bits per heavy atom. The first kappa shape index (κ1) is 22.3. The number of nitrogens with zero attached hydrogens (tertiary/aromatic N) is 4. The number of ether oxygens (including phenoxy) is 1. The lowest BCUT2D eigenvalue weighted by Crippen LogP contribution is -2.41. The van der Waals surface area contributed by atoms with Crippen molar-refractivity contribution >= 4 is 11.8 Å². The number of rotatable bonds is 5. The number of piperidine rings is 1. The molecule has 0 radical (unpaired) electrons. The highest BCUT2D eigenvalue weighted by Gasteiger charge is 2.30. The molecule has 0 atom stereocenters. The molecule has 2 heterocycles. The SMILES string of the molecule is CC(=NOc1ncnc(OC2CCN(C(=O)O)CC2)c1C)c1ccc(C(F)(F)F)cc1. The molecule has 1 fully saturated rings. The van der Waals surface area contributed by atoms with Crippen molar-refractivity contribution in [2.75, 3.05) is 13.1 Å². The summed E-state index contributed by atoms with van der Waals surface area (Å²) >= 11 is 0. The highest BCUT2D eigenvalue weighted by atomic mass is 19.4. The molecule has 1 amide bonds. The van der Waals surface area contributed by atoms with E-state index in [9.17, 15) is 18.0 Å². The molecule has 2 aromatic rings. The van der Waals surface area contributed by atoms with E-state index in [2.05, 4.69) is 15.1 Å². The molecule has 1 saturated heterocycles. The predicted molar refractivity (Wildman–Crippen MR) is 104 cm³/mol. The van der Waals surface area contributed by atoms with Crippen LogP contribution >= 0.6 is 0 Å². The summed E-state index contributed by atoms with van der Waals surface area (Å²) in [6, 6.07) is 4.59. The van der Waals surface area contributed by atoms with Gasteiger partial charge in [0.15, 0.2) is 0 Å². The maximum atomic E-state index is 12.7. The minimum Gasteiger partial charge on any atom is -0.474 e. The molecule has 0 bridgehead atoms. The van der Waals surface area contributed by atoms with Gasteiger partial charge < -0.3 is 19.6 Å². The normalized spacial score (nSPS) is 15.6. The average molecular weight is 438 g/mol. The topological polar surface area (TPSA) is 97.1 Å². The third-order valence-corrected chi connectivity index (χ3v) is 4.88. The number of amides is 1. The lowest BCUT2D eigenvalue weighted by molar-refractivity contribution is -0.137. The van der Waals surface area contributed by atoms with Crippen LogP contribution < -0.4 is 9.57 Å². The third-order valence-electron chi connectivity index (χ3n) is 4.88. The molecule has 1 aliphatic heterocycles. The van der Waals surface area contributed by atoms with Crippen molar-refractivity contribution in [3.8, 4) is 11.8 Å². The summed E-state index contributed by atoms with van der Waals surface area (Å²) in [5.41, 5.74) is 0.608. The lowest BCUT2D eigenvalue weighted by Gasteiger charge is -2.30. The van der Waals surface area contributed by atoms with E-state index in [-0.39, 0.29) is 12.0 Å². The van der Waals surface area contributed by atoms with E-state index in [0.29, 0.717) is 48.6 Å². The second-order valence-electron chi connectivity index (χ2n) is 7.04. The van der Waals surface area contributed by atoms with Gasteiger partial charge in [0, 0.05) is 25.9 Å². The predicted octanol–water partition coefficient (Wildman–Crippen LogP) is 4.13. The van der Waals surface area contributed by atoms with Crippen molar-refractivity contribution in [3.05, 3.63) is 47.3 Å². The Morgan fingerprint density at radius 1 is 1.16 bits per heavy atom. The monoisotopic (exact) mass is 438 g/mol. The molecule has 11 heteroatoms. The van der Waals surface area contributed by atoms with Crippen LogP contribution in [0.5, 0.6) is 11.8 Å².